The van der Waals surface area contributed by atoms with Crippen molar-refractivity contribution in [3.63, 3.8) is 0 Å². The third kappa shape index (κ3) is 3.69. The average Bonchev–Trinajstić information content (AvgIpc) is 3.09. The molecule has 1 N–H and O–H groups in total. The summed E-state index contributed by atoms with van der Waals surface area (Å²) in [5.74, 6) is -0.0744. The van der Waals surface area contributed by atoms with Gasteiger partial charge in [-0.25, -0.2) is 4.39 Å². The van der Waals surface area contributed by atoms with Gasteiger partial charge in [0.25, 0.3) is 0 Å². The highest BCUT2D eigenvalue weighted by atomic mass is 19.1. The lowest BCUT2D eigenvalue weighted by Crippen LogP contribution is -2.23. The van der Waals surface area contributed by atoms with Crippen LogP contribution in [0.1, 0.15) is 38.7 Å². The lowest BCUT2D eigenvalue weighted by Gasteiger charge is -2.26. The highest BCUT2D eigenvalue weighted by Gasteiger charge is 2.29. The molecule has 0 radical (unpaired) electrons. The summed E-state index contributed by atoms with van der Waals surface area (Å²) in [6.07, 6.45) is 2.29. The number of carboxylic acids is 1. The maximum atomic E-state index is 13.4. The van der Waals surface area contributed by atoms with E-state index in [0.29, 0.717) is 23.8 Å². The molecule has 0 aliphatic heterocycles. The first-order valence-corrected chi connectivity index (χ1v) is 6.53. The van der Waals surface area contributed by atoms with Crippen LogP contribution < -0.4 is 4.74 Å². The Balaban J connectivity index is 2.24. The summed E-state index contributed by atoms with van der Waals surface area (Å²) in [5, 5.41) is 8.96. The van der Waals surface area contributed by atoms with Crippen molar-refractivity contribution in [2.45, 2.75) is 38.5 Å². The molecule has 3 nitrogen and oxygen atoms in total. The van der Waals surface area contributed by atoms with E-state index >= 15 is 0 Å². The number of benzene rings is 1. The summed E-state index contributed by atoms with van der Waals surface area (Å²) in [6.45, 7) is 4.21. The highest BCUT2D eigenvalue weighted by molar-refractivity contribution is 5.69. The molecule has 1 aromatic carbocycles. The van der Waals surface area contributed by atoms with Crippen molar-refractivity contribution >= 4 is 5.97 Å². The van der Waals surface area contributed by atoms with Crippen molar-refractivity contribution in [3.05, 3.63) is 29.6 Å². The van der Waals surface area contributed by atoms with Crippen LogP contribution in [0.4, 0.5) is 4.39 Å². The molecule has 0 saturated heterocycles. The van der Waals surface area contributed by atoms with E-state index in [9.17, 15) is 9.18 Å². The predicted octanol–water partition coefficient (Wildman–Crippen LogP) is 3.37. The van der Waals surface area contributed by atoms with Gasteiger partial charge >= 0.3 is 5.97 Å². The van der Waals surface area contributed by atoms with Gasteiger partial charge in [0.1, 0.15) is 11.6 Å². The third-order valence-corrected chi connectivity index (χ3v) is 3.44. The van der Waals surface area contributed by atoms with Crippen LogP contribution in [0, 0.1) is 11.7 Å². The molecule has 0 unspecified atom stereocenters. The molecule has 1 aromatic rings. The third-order valence-electron chi connectivity index (χ3n) is 3.44. The molecular weight excluding hydrogens is 247 g/mol. The van der Waals surface area contributed by atoms with Gasteiger partial charge in [0, 0.05) is 11.0 Å². The zero-order valence-electron chi connectivity index (χ0n) is 11.3. The number of halogens is 1. The summed E-state index contributed by atoms with van der Waals surface area (Å²) in [7, 11) is 0. The van der Waals surface area contributed by atoms with Crippen LogP contribution in [0.25, 0.3) is 0 Å². The molecule has 2 rings (SSSR count). The molecule has 0 bridgehead atoms. The Bertz CT molecular complexity index is 478. The average molecular weight is 266 g/mol. The number of ether oxygens (including phenoxy) is 1. The molecular formula is C15H19FO3. The Kier molecular flexibility index (Phi) is 3.78. The summed E-state index contributed by atoms with van der Waals surface area (Å²) < 4.78 is 19.1. The van der Waals surface area contributed by atoms with Gasteiger partial charge in [0.05, 0.1) is 13.0 Å². The first-order valence-electron chi connectivity index (χ1n) is 6.53. The van der Waals surface area contributed by atoms with Gasteiger partial charge in [-0.3, -0.25) is 4.79 Å². The van der Waals surface area contributed by atoms with Gasteiger partial charge in [-0.1, -0.05) is 13.8 Å². The zero-order valence-corrected chi connectivity index (χ0v) is 11.3. The lowest BCUT2D eigenvalue weighted by molar-refractivity contribution is -0.138. The van der Waals surface area contributed by atoms with Crippen molar-refractivity contribution in [2.75, 3.05) is 6.61 Å². The van der Waals surface area contributed by atoms with E-state index in [-0.39, 0.29) is 12.2 Å². The van der Waals surface area contributed by atoms with Crippen LogP contribution in [-0.2, 0) is 10.2 Å². The number of hydrogen-bond donors (Lipinski definition) is 1. The van der Waals surface area contributed by atoms with E-state index in [1.165, 1.54) is 25.0 Å². The minimum Gasteiger partial charge on any atom is -0.493 e. The van der Waals surface area contributed by atoms with Crippen molar-refractivity contribution in [1.29, 1.82) is 0 Å². The van der Waals surface area contributed by atoms with Crippen molar-refractivity contribution in [2.24, 2.45) is 5.92 Å². The first-order chi connectivity index (χ1) is 8.88. The quantitative estimate of drug-likeness (QED) is 0.858. The molecule has 1 saturated carbocycles. The number of carbonyl (C=O) groups is 1. The summed E-state index contributed by atoms with van der Waals surface area (Å²) in [5.41, 5.74) is -0.0390. The van der Waals surface area contributed by atoms with Crippen LogP contribution in [-0.4, -0.2) is 17.7 Å². The van der Waals surface area contributed by atoms with E-state index < -0.39 is 11.4 Å². The van der Waals surface area contributed by atoms with E-state index in [0.717, 1.165) is 0 Å². The summed E-state index contributed by atoms with van der Waals surface area (Å²) in [4.78, 5) is 10.9. The van der Waals surface area contributed by atoms with Crippen molar-refractivity contribution in [1.82, 2.24) is 0 Å². The molecule has 0 spiro atoms. The molecule has 104 valence electrons. The maximum absolute atomic E-state index is 13.4. The van der Waals surface area contributed by atoms with Gasteiger partial charge in [-0.2, -0.15) is 0 Å². The van der Waals surface area contributed by atoms with Crippen LogP contribution in [0.2, 0.25) is 0 Å². The molecule has 0 heterocycles. The Morgan fingerprint density at radius 2 is 2.16 bits per heavy atom. The Labute approximate surface area is 112 Å². The Morgan fingerprint density at radius 1 is 1.47 bits per heavy atom. The van der Waals surface area contributed by atoms with Crippen LogP contribution in [0.15, 0.2) is 18.2 Å². The maximum Gasteiger partial charge on any atom is 0.304 e. The molecule has 19 heavy (non-hydrogen) atoms. The summed E-state index contributed by atoms with van der Waals surface area (Å²) in [6, 6.07) is 4.32. The van der Waals surface area contributed by atoms with Crippen LogP contribution in [0.3, 0.4) is 0 Å². The second-order valence-electron chi connectivity index (χ2n) is 5.85. The smallest absolute Gasteiger partial charge is 0.304 e. The molecule has 4 heteroatoms. The summed E-state index contributed by atoms with van der Waals surface area (Å²) >= 11 is 0. The topological polar surface area (TPSA) is 46.5 Å². The predicted molar refractivity (Wildman–Crippen MR) is 69.9 cm³/mol. The fourth-order valence-corrected chi connectivity index (χ4v) is 2.12. The Morgan fingerprint density at radius 3 is 2.74 bits per heavy atom. The van der Waals surface area contributed by atoms with Gasteiger partial charge in [0.15, 0.2) is 0 Å². The molecule has 1 fully saturated rings. The second kappa shape index (κ2) is 5.19. The SMILES string of the molecule is CC(C)(CC(=O)O)c1cc(F)ccc1OCC1CC1. The Hall–Kier alpha value is -1.58. The molecule has 1 aliphatic rings. The minimum atomic E-state index is -0.901. The van der Waals surface area contributed by atoms with Crippen LogP contribution >= 0.6 is 0 Å². The fourth-order valence-electron chi connectivity index (χ4n) is 2.12. The van der Waals surface area contributed by atoms with Crippen molar-refractivity contribution in [3.8, 4) is 5.75 Å². The van der Waals surface area contributed by atoms with Gasteiger partial charge < -0.3 is 9.84 Å². The van der Waals surface area contributed by atoms with Gasteiger partial charge in [-0.05, 0) is 37.0 Å². The minimum absolute atomic E-state index is 0.0593. The van der Waals surface area contributed by atoms with Crippen LogP contribution in [0.5, 0.6) is 5.75 Å². The lowest BCUT2D eigenvalue weighted by atomic mass is 9.81. The normalized spacial score (nSPS) is 15.3. The number of carboxylic acid groups (broad SMARTS) is 1. The number of hydrogen-bond acceptors (Lipinski definition) is 2. The molecule has 1 aliphatic carbocycles. The molecule has 0 amide bonds. The van der Waals surface area contributed by atoms with Gasteiger partial charge in [0.2, 0.25) is 0 Å². The monoisotopic (exact) mass is 266 g/mol. The standard InChI is InChI=1S/C15H19FO3/c1-15(2,8-14(17)18)12-7-11(16)5-6-13(12)19-9-10-3-4-10/h5-7,10H,3-4,8-9H2,1-2H3,(H,17,18). The molecule has 0 atom stereocenters. The fraction of sp³-hybridized carbons (Fsp3) is 0.533. The van der Waals surface area contributed by atoms with E-state index in [1.807, 2.05) is 0 Å². The first kappa shape index (κ1) is 13.8. The number of aliphatic carboxylic acids is 1. The largest absolute Gasteiger partial charge is 0.493 e. The van der Waals surface area contributed by atoms with E-state index in [2.05, 4.69) is 0 Å². The molecule has 0 aromatic heterocycles. The highest BCUT2D eigenvalue weighted by Crippen LogP contribution is 2.36. The van der Waals surface area contributed by atoms with E-state index in [4.69, 9.17) is 9.84 Å². The zero-order chi connectivity index (χ0) is 14.0. The number of rotatable bonds is 6. The second-order valence-corrected chi connectivity index (χ2v) is 5.85. The van der Waals surface area contributed by atoms with Crippen molar-refractivity contribution < 1.29 is 19.0 Å². The van der Waals surface area contributed by atoms with Gasteiger partial charge in [-0.15, -0.1) is 0 Å². The van der Waals surface area contributed by atoms with E-state index in [1.54, 1.807) is 19.9 Å².